The molecule has 280 valence electrons. The van der Waals surface area contributed by atoms with Gasteiger partial charge in [-0.05, 0) is 126 Å². The van der Waals surface area contributed by atoms with Gasteiger partial charge in [0.05, 0.1) is 5.69 Å². The molecule has 0 spiro atoms. The SMILES string of the molecule is c1ccc(N(c2ccc(-c3ccc4ccccc4c3)cc2)c2ccc(-c3cc4ccccc4c4ccccc34)cc2)c(-c2ccc3oc4c5ccccc5ccc4c3c2)c1. The molecule has 1 heterocycles. The van der Waals surface area contributed by atoms with E-state index in [-0.39, 0.29) is 0 Å². The maximum atomic E-state index is 6.53. The standard InChI is InChI=1S/C58H37NO/c1-2-13-42-35-43(22-21-38(42)11-1)39-23-29-46(30-24-39)59(47-31-25-41(26-32-47)54-36-44-14-4-5-15-48(44)51-18-7-8-19-52(51)54)56-20-10-9-16-49(56)45-28-34-57-55(37-45)53-33-27-40-12-3-6-17-50(40)58(53)60-57/h1-37H. The van der Waals surface area contributed by atoms with Gasteiger partial charge in [0, 0.05) is 33.1 Å². The zero-order valence-corrected chi connectivity index (χ0v) is 32.7. The van der Waals surface area contributed by atoms with Gasteiger partial charge in [-0.15, -0.1) is 0 Å². The summed E-state index contributed by atoms with van der Waals surface area (Å²) in [7, 11) is 0. The Balaban J connectivity index is 1.01. The molecule has 0 radical (unpaired) electrons. The second kappa shape index (κ2) is 13.9. The number of hydrogen-bond acceptors (Lipinski definition) is 2. The van der Waals surface area contributed by atoms with Gasteiger partial charge in [0.2, 0.25) is 0 Å². The molecule has 0 fully saturated rings. The number of furan rings is 1. The number of para-hydroxylation sites is 1. The van der Waals surface area contributed by atoms with Crippen molar-refractivity contribution in [1.82, 2.24) is 0 Å². The molecule has 0 N–H and O–H groups in total. The van der Waals surface area contributed by atoms with Crippen LogP contribution >= 0.6 is 0 Å². The molecule has 0 atom stereocenters. The highest BCUT2D eigenvalue weighted by Gasteiger charge is 2.20. The van der Waals surface area contributed by atoms with Crippen LogP contribution in [0, 0.1) is 0 Å². The van der Waals surface area contributed by atoms with Gasteiger partial charge in [0.1, 0.15) is 11.2 Å². The van der Waals surface area contributed by atoms with Crippen molar-refractivity contribution >= 4 is 82.1 Å². The lowest BCUT2D eigenvalue weighted by atomic mass is 9.93. The van der Waals surface area contributed by atoms with E-state index in [1.807, 2.05) is 0 Å². The first-order chi connectivity index (χ1) is 29.7. The summed E-state index contributed by atoms with van der Waals surface area (Å²) in [5.74, 6) is 0. The van der Waals surface area contributed by atoms with Crippen LogP contribution in [0.25, 0.3) is 98.4 Å². The number of nitrogens with zero attached hydrogens (tertiary/aromatic N) is 1. The predicted molar refractivity (Wildman–Crippen MR) is 255 cm³/mol. The first kappa shape index (κ1) is 34.1. The largest absolute Gasteiger partial charge is 0.455 e. The van der Waals surface area contributed by atoms with Crippen LogP contribution in [0.5, 0.6) is 0 Å². The number of fused-ring (bicyclic) bond motifs is 9. The van der Waals surface area contributed by atoms with Crippen LogP contribution < -0.4 is 4.90 Å². The molecule has 0 saturated heterocycles. The smallest absolute Gasteiger partial charge is 0.143 e. The first-order valence-corrected chi connectivity index (χ1v) is 20.6. The zero-order valence-electron chi connectivity index (χ0n) is 32.7. The number of anilines is 3. The van der Waals surface area contributed by atoms with Gasteiger partial charge in [-0.25, -0.2) is 0 Å². The van der Waals surface area contributed by atoms with E-state index in [0.29, 0.717) is 0 Å². The van der Waals surface area contributed by atoms with E-state index in [9.17, 15) is 0 Å². The second-order valence-electron chi connectivity index (χ2n) is 15.7. The highest BCUT2D eigenvalue weighted by atomic mass is 16.3. The molecule has 1 aromatic heterocycles. The zero-order chi connectivity index (χ0) is 39.6. The van der Waals surface area contributed by atoms with Crippen LogP contribution in [-0.2, 0) is 0 Å². The lowest BCUT2D eigenvalue weighted by Gasteiger charge is -2.28. The van der Waals surface area contributed by atoms with Crippen LogP contribution in [0.3, 0.4) is 0 Å². The fourth-order valence-corrected chi connectivity index (χ4v) is 9.27. The summed E-state index contributed by atoms with van der Waals surface area (Å²) in [6, 6.07) is 81.3. The average Bonchev–Trinajstić information content (AvgIpc) is 3.70. The Bertz CT molecular complexity index is 3600. The molecule has 0 aliphatic rings. The Kier molecular flexibility index (Phi) is 7.89. The molecule has 0 amide bonds. The third kappa shape index (κ3) is 5.65. The van der Waals surface area contributed by atoms with Crippen LogP contribution in [0.2, 0.25) is 0 Å². The predicted octanol–water partition coefficient (Wildman–Crippen LogP) is 16.7. The lowest BCUT2D eigenvalue weighted by Crippen LogP contribution is -2.11. The third-order valence-corrected chi connectivity index (χ3v) is 12.2. The summed E-state index contributed by atoms with van der Waals surface area (Å²) in [6.07, 6.45) is 0. The molecule has 12 rings (SSSR count). The number of benzene rings is 11. The van der Waals surface area contributed by atoms with E-state index < -0.39 is 0 Å². The van der Waals surface area contributed by atoms with Crippen molar-refractivity contribution in [3.8, 4) is 33.4 Å². The quantitative estimate of drug-likeness (QED) is 0.157. The molecule has 2 nitrogen and oxygen atoms in total. The minimum atomic E-state index is 0.889. The van der Waals surface area contributed by atoms with E-state index in [4.69, 9.17) is 4.42 Å². The highest BCUT2D eigenvalue weighted by Crippen LogP contribution is 2.44. The summed E-state index contributed by atoms with van der Waals surface area (Å²) >= 11 is 0. The Labute approximate surface area is 347 Å². The molecular weight excluding hydrogens is 727 g/mol. The van der Waals surface area contributed by atoms with Crippen molar-refractivity contribution in [2.24, 2.45) is 0 Å². The summed E-state index contributed by atoms with van der Waals surface area (Å²) in [6.45, 7) is 0. The van der Waals surface area contributed by atoms with Crippen LogP contribution in [-0.4, -0.2) is 0 Å². The van der Waals surface area contributed by atoms with Crippen molar-refractivity contribution in [2.45, 2.75) is 0 Å². The van der Waals surface area contributed by atoms with Crippen molar-refractivity contribution in [3.63, 3.8) is 0 Å². The number of rotatable bonds is 6. The molecule has 12 aromatic rings. The van der Waals surface area contributed by atoms with Crippen LogP contribution in [0.4, 0.5) is 17.1 Å². The summed E-state index contributed by atoms with van der Waals surface area (Å²) in [5, 5.41) is 12.1. The van der Waals surface area contributed by atoms with Gasteiger partial charge in [-0.2, -0.15) is 0 Å². The molecule has 11 aromatic carbocycles. The molecule has 0 unspecified atom stereocenters. The average molecular weight is 764 g/mol. The molecule has 0 aliphatic heterocycles. The van der Waals surface area contributed by atoms with E-state index in [1.165, 1.54) is 60.0 Å². The Hall–Kier alpha value is -7.94. The van der Waals surface area contributed by atoms with Crippen LogP contribution in [0.15, 0.2) is 229 Å². The van der Waals surface area contributed by atoms with Crippen molar-refractivity contribution < 1.29 is 4.42 Å². The van der Waals surface area contributed by atoms with Gasteiger partial charge >= 0.3 is 0 Å². The van der Waals surface area contributed by atoms with Gasteiger partial charge < -0.3 is 9.32 Å². The summed E-state index contributed by atoms with van der Waals surface area (Å²) < 4.78 is 6.53. The minimum Gasteiger partial charge on any atom is -0.455 e. The summed E-state index contributed by atoms with van der Waals surface area (Å²) in [5.41, 5.74) is 12.1. The Morgan fingerprint density at radius 1 is 0.283 bits per heavy atom. The maximum absolute atomic E-state index is 6.53. The minimum absolute atomic E-state index is 0.889. The molecule has 0 saturated carbocycles. The van der Waals surface area contributed by atoms with Crippen molar-refractivity contribution in [1.29, 1.82) is 0 Å². The lowest BCUT2D eigenvalue weighted by molar-refractivity contribution is 0.672. The molecule has 0 bridgehead atoms. The van der Waals surface area contributed by atoms with E-state index in [0.717, 1.165) is 55.5 Å². The molecular formula is C58H37NO. The topological polar surface area (TPSA) is 16.4 Å². The maximum Gasteiger partial charge on any atom is 0.143 e. The summed E-state index contributed by atoms with van der Waals surface area (Å²) in [4.78, 5) is 2.40. The molecule has 0 aliphatic carbocycles. The highest BCUT2D eigenvalue weighted by molar-refractivity contribution is 6.16. The van der Waals surface area contributed by atoms with Gasteiger partial charge in [0.25, 0.3) is 0 Å². The van der Waals surface area contributed by atoms with Crippen LogP contribution in [0.1, 0.15) is 0 Å². The Morgan fingerprint density at radius 3 is 1.67 bits per heavy atom. The molecule has 2 heteroatoms. The third-order valence-electron chi connectivity index (χ3n) is 12.2. The Morgan fingerprint density at radius 2 is 0.867 bits per heavy atom. The van der Waals surface area contributed by atoms with E-state index in [2.05, 4.69) is 229 Å². The first-order valence-electron chi connectivity index (χ1n) is 20.6. The van der Waals surface area contributed by atoms with Gasteiger partial charge in [-0.1, -0.05) is 164 Å². The van der Waals surface area contributed by atoms with E-state index in [1.54, 1.807) is 0 Å². The van der Waals surface area contributed by atoms with Gasteiger partial charge in [0.15, 0.2) is 0 Å². The second-order valence-corrected chi connectivity index (χ2v) is 15.7. The normalized spacial score (nSPS) is 11.7. The number of hydrogen-bond donors (Lipinski definition) is 0. The fraction of sp³-hybridized carbons (Fsp3) is 0. The van der Waals surface area contributed by atoms with Crippen molar-refractivity contribution in [3.05, 3.63) is 224 Å². The van der Waals surface area contributed by atoms with Crippen molar-refractivity contribution in [2.75, 3.05) is 4.90 Å². The fourth-order valence-electron chi connectivity index (χ4n) is 9.27. The van der Waals surface area contributed by atoms with Gasteiger partial charge in [-0.3, -0.25) is 0 Å². The monoisotopic (exact) mass is 763 g/mol. The molecule has 60 heavy (non-hydrogen) atoms. The van der Waals surface area contributed by atoms with E-state index >= 15 is 0 Å².